The first kappa shape index (κ1) is 18.6. The second kappa shape index (κ2) is 15.7. The smallest absolute Gasteiger partial charge is 0.00872 e. The van der Waals surface area contributed by atoms with Crippen LogP contribution in [0.2, 0.25) is 0 Å². The number of rotatable bonds is 14. The average molecular weight is 293 g/mol. The van der Waals surface area contributed by atoms with Gasteiger partial charge in [-0.05, 0) is 39.9 Å². The van der Waals surface area contributed by atoms with Crippen LogP contribution in [0.3, 0.4) is 0 Å². The first-order valence-electron chi connectivity index (χ1n) is 7.40. The molecule has 0 saturated heterocycles. The van der Waals surface area contributed by atoms with Gasteiger partial charge in [-0.2, -0.15) is 0 Å². The van der Waals surface area contributed by atoms with Gasteiger partial charge in [0.15, 0.2) is 0 Å². The zero-order chi connectivity index (χ0) is 13.5. The van der Waals surface area contributed by atoms with Gasteiger partial charge in [0.05, 0.1) is 0 Å². The van der Waals surface area contributed by atoms with Crippen molar-refractivity contribution in [2.24, 2.45) is 0 Å². The van der Waals surface area contributed by atoms with Crippen molar-refractivity contribution >= 4 is 23.9 Å². The molecule has 0 unspecified atom stereocenters. The summed E-state index contributed by atoms with van der Waals surface area (Å²) < 4.78 is 3.40. The minimum absolute atomic E-state index is 1.21. The van der Waals surface area contributed by atoms with Crippen molar-refractivity contribution in [3.63, 3.8) is 0 Å². The summed E-state index contributed by atoms with van der Waals surface area (Å²) in [4.78, 5) is 2.26. The fraction of sp³-hybridized carbons (Fsp3) is 1.00. The molecule has 1 N–H and O–H groups in total. The quantitative estimate of drug-likeness (QED) is 0.372. The Morgan fingerprint density at radius 3 is 1.94 bits per heavy atom. The van der Waals surface area contributed by atoms with Crippen LogP contribution in [0.15, 0.2) is 0 Å². The molecule has 0 fully saturated rings. The van der Waals surface area contributed by atoms with Gasteiger partial charge in [-0.15, -0.1) is 0 Å². The number of hydrogen-bond donors (Lipinski definition) is 1. The van der Waals surface area contributed by atoms with Crippen molar-refractivity contribution in [3.05, 3.63) is 0 Å². The van der Waals surface area contributed by atoms with Gasteiger partial charge in [0.1, 0.15) is 0 Å². The van der Waals surface area contributed by atoms with E-state index in [0.29, 0.717) is 0 Å². The van der Waals surface area contributed by atoms with Crippen LogP contribution in [0.5, 0.6) is 0 Å². The van der Waals surface area contributed by atoms with E-state index in [9.17, 15) is 0 Å². The van der Waals surface area contributed by atoms with Crippen LogP contribution < -0.4 is 4.13 Å². The van der Waals surface area contributed by atoms with Gasteiger partial charge in [0, 0.05) is 11.5 Å². The van der Waals surface area contributed by atoms with Crippen LogP contribution in [-0.4, -0.2) is 37.0 Å². The first-order valence-corrected chi connectivity index (χ1v) is 9.37. The van der Waals surface area contributed by atoms with Crippen molar-refractivity contribution in [2.45, 2.75) is 58.3 Å². The fourth-order valence-corrected chi connectivity index (χ4v) is 3.38. The predicted molar refractivity (Wildman–Crippen MR) is 89.2 cm³/mol. The second-order valence-corrected chi connectivity index (χ2v) is 7.12. The zero-order valence-corrected chi connectivity index (χ0v) is 14.2. The molecular weight excluding hydrogens is 260 g/mol. The van der Waals surface area contributed by atoms with Gasteiger partial charge in [0.2, 0.25) is 0 Å². The highest BCUT2D eigenvalue weighted by Crippen LogP contribution is 2.11. The molecule has 4 heteroatoms. The summed E-state index contributed by atoms with van der Waals surface area (Å²) in [7, 11) is 4.28. The van der Waals surface area contributed by atoms with Crippen molar-refractivity contribution in [3.8, 4) is 0 Å². The molecule has 0 aromatic carbocycles. The van der Waals surface area contributed by atoms with Crippen molar-refractivity contribution in [1.82, 2.24) is 9.03 Å². The Morgan fingerprint density at radius 2 is 1.33 bits per heavy atom. The Labute approximate surface area is 123 Å². The lowest BCUT2D eigenvalue weighted by Crippen LogP contribution is -2.13. The Balaban J connectivity index is 2.90. The molecule has 18 heavy (non-hydrogen) atoms. The Kier molecular flexibility index (Phi) is 16.2. The highest BCUT2D eigenvalue weighted by atomic mass is 32.2. The van der Waals surface area contributed by atoms with Gasteiger partial charge in [0.25, 0.3) is 0 Å². The molecule has 0 saturated carbocycles. The van der Waals surface area contributed by atoms with E-state index in [1.165, 1.54) is 69.4 Å². The van der Waals surface area contributed by atoms with E-state index in [0.717, 1.165) is 0 Å². The molecule has 0 aromatic heterocycles. The van der Waals surface area contributed by atoms with Crippen LogP contribution >= 0.6 is 23.9 Å². The van der Waals surface area contributed by atoms with Gasteiger partial charge in [-0.1, -0.05) is 62.9 Å². The minimum atomic E-state index is 1.21. The molecule has 0 rings (SSSR count). The summed E-state index contributed by atoms with van der Waals surface area (Å²) in [6, 6.07) is 0. The largest absolute Gasteiger partial charge is 0.309 e. The molecule has 0 radical (unpaired) electrons. The maximum atomic E-state index is 3.40. The summed E-state index contributed by atoms with van der Waals surface area (Å²) in [6.07, 6.45) is 11.0. The highest BCUT2D eigenvalue weighted by Gasteiger charge is 1.94. The van der Waals surface area contributed by atoms with Crippen LogP contribution in [0, 0.1) is 0 Å². The summed E-state index contributed by atoms with van der Waals surface area (Å²) in [6.45, 7) is 3.49. The third-order valence-electron chi connectivity index (χ3n) is 2.82. The topological polar surface area (TPSA) is 15.3 Å². The molecule has 0 aliphatic heterocycles. The van der Waals surface area contributed by atoms with Crippen LogP contribution in [0.25, 0.3) is 0 Å². The van der Waals surface area contributed by atoms with Crippen LogP contribution in [-0.2, 0) is 0 Å². The Hall–Kier alpha value is 0.620. The number of unbranched alkanes of at least 4 members (excludes halogenated alkanes) is 6. The number of nitrogens with zero attached hydrogens (tertiary/aromatic N) is 1. The summed E-state index contributed by atoms with van der Waals surface area (Å²) in [5, 5.41) is 0. The molecule has 0 aliphatic carbocycles. The normalized spacial score (nSPS) is 11.3. The van der Waals surface area contributed by atoms with Gasteiger partial charge in [-0.3, -0.25) is 0 Å². The predicted octanol–water partition coefficient (Wildman–Crippen LogP) is 4.57. The van der Waals surface area contributed by atoms with Gasteiger partial charge in [-0.25, -0.2) is 4.13 Å². The van der Waals surface area contributed by atoms with Crippen molar-refractivity contribution in [1.29, 1.82) is 0 Å². The third kappa shape index (κ3) is 16.6. The van der Waals surface area contributed by atoms with E-state index in [-0.39, 0.29) is 0 Å². The minimum Gasteiger partial charge on any atom is -0.309 e. The standard InChI is InChI=1S/C14H32N2S2/c1-4-5-6-7-8-10-13-17-15-18-14-11-9-12-16(2)3/h15H,4-14H2,1-3H3. The summed E-state index contributed by atoms with van der Waals surface area (Å²) >= 11 is 3.76. The molecule has 110 valence electrons. The van der Waals surface area contributed by atoms with Gasteiger partial charge >= 0.3 is 0 Å². The van der Waals surface area contributed by atoms with E-state index in [1.807, 2.05) is 23.9 Å². The third-order valence-corrected chi connectivity index (χ3v) is 4.75. The van der Waals surface area contributed by atoms with E-state index in [4.69, 9.17) is 0 Å². The molecule has 0 atom stereocenters. The van der Waals surface area contributed by atoms with E-state index >= 15 is 0 Å². The lowest BCUT2D eigenvalue weighted by atomic mass is 10.1. The lowest BCUT2D eigenvalue weighted by Gasteiger charge is -2.08. The fourth-order valence-electron chi connectivity index (χ4n) is 1.68. The van der Waals surface area contributed by atoms with E-state index in [1.54, 1.807) is 0 Å². The van der Waals surface area contributed by atoms with Crippen molar-refractivity contribution in [2.75, 3.05) is 32.1 Å². The number of nitrogens with one attached hydrogen (secondary N) is 1. The highest BCUT2D eigenvalue weighted by molar-refractivity contribution is 8.12. The van der Waals surface area contributed by atoms with E-state index < -0.39 is 0 Å². The average Bonchev–Trinajstić information content (AvgIpc) is 2.34. The molecule has 0 bridgehead atoms. The molecule has 0 aliphatic rings. The molecule has 0 spiro atoms. The van der Waals surface area contributed by atoms with Crippen LogP contribution in [0.1, 0.15) is 58.3 Å². The monoisotopic (exact) mass is 292 g/mol. The number of hydrogen-bond acceptors (Lipinski definition) is 4. The van der Waals surface area contributed by atoms with Crippen LogP contribution in [0.4, 0.5) is 0 Å². The maximum absolute atomic E-state index is 3.40. The zero-order valence-electron chi connectivity index (χ0n) is 12.5. The van der Waals surface area contributed by atoms with Crippen molar-refractivity contribution < 1.29 is 0 Å². The molecule has 0 amide bonds. The second-order valence-electron chi connectivity index (χ2n) is 5.06. The Bertz CT molecular complexity index is 155. The summed E-state index contributed by atoms with van der Waals surface area (Å²) in [5.74, 6) is 2.49. The van der Waals surface area contributed by atoms with E-state index in [2.05, 4.69) is 30.0 Å². The Morgan fingerprint density at radius 1 is 0.778 bits per heavy atom. The maximum Gasteiger partial charge on any atom is 0.00872 e. The SMILES string of the molecule is CCCCCCCCSNSCCCCN(C)C. The van der Waals surface area contributed by atoms with Gasteiger partial charge < -0.3 is 4.90 Å². The molecule has 0 heterocycles. The summed E-state index contributed by atoms with van der Waals surface area (Å²) in [5.41, 5.74) is 0. The first-order chi connectivity index (χ1) is 8.77. The molecular formula is C14H32N2S2. The lowest BCUT2D eigenvalue weighted by molar-refractivity contribution is 0.399. The molecule has 0 aromatic rings. The molecule has 2 nitrogen and oxygen atoms in total.